The Morgan fingerprint density at radius 2 is 2.31 bits per heavy atom. The van der Waals surface area contributed by atoms with Gasteiger partial charge in [0.25, 0.3) is 0 Å². The van der Waals surface area contributed by atoms with Crippen molar-refractivity contribution in [3.05, 3.63) is 29.6 Å². The van der Waals surface area contributed by atoms with E-state index in [0.29, 0.717) is 5.15 Å². The zero-order valence-electron chi connectivity index (χ0n) is 7.16. The normalized spacial score (nSPS) is 10.6. The van der Waals surface area contributed by atoms with E-state index in [1.54, 1.807) is 16.8 Å². The number of nitrogens with zero attached hydrogens (tertiary/aromatic N) is 3. The second-order valence-electron chi connectivity index (χ2n) is 2.72. The summed E-state index contributed by atoms with van der Waals surface area (Å²) in [5, 5.41) is 5.68. The lowest BCUT2D eigenvalue weighted by Crippen LogP contribution is -1.91. The van der Waals surface area contributed by atoms with Gasteiger partial charge >= 0.3 is 0 Å². The average Bonchev–Trinajstić information content (AvgIpc) is 2.43. The van der Waals surface area contributed by atoms with Crippen LogP contribution in [0.4, 0.5) is 0 Å². The van der Waals surface area contributed by atoms with Gasteiger partial charge in [0.15, 0.2) is 5.65 Å². The summed E-state index contributed by atoms with van der Waals surface area (Å²) in [5.74, 6) is 0. The Labute approximate surface area is 80.6 Å². The van der Waals surface area contributed by atoms with Gasteiger partial charge in [-0.3, -0.25) is 0 Å². The highest BCUT2D eigenvalue weighted by molar-refractivity contribution is 6.29. The predicted octanol–water partition coefficient (Wildman–Crippen LogP) is 2.26. The minimum atomic E-state index is 0.478. The Morgan fingerprint density at radius 1 is 1.54 bits per heavy atom. The fourth-order valence-corrected chi connectivity index (χ4v) is 1.43. The molecule has 0 aliphatic carbocycles. The molecule has 2 rings (SSSR count). The van der Waals surface area contributed by atoms with Crippen LogP contribution in [0.3, 0.4) is 0 Å². The van der Waals surface area contributed by atoms with E-state index in [1.807, 2.05) is 13.1 Å². The molecule has 66 valence electrons. The zero-order valence-corrected chi connectivity index (χ0v) is 7.91. The Morgan fingerprint density at radius 3 is 3.00 bits per heavy atom. The molecule has 0 aliphatic heterocycles. The third-order valence-electron chi connectivity index (χ3n) is 1.87. The predicted molar refractivity (Wildman–Crippen MR) is 53.6 cm³/mol. The molecule has 0 aliphatic rings. The lowest BCUT2D eigenvalue weighted by Gasteiger charge is -1.92. The molecule has 2 aromatic rings. The number of aromatic nitrogens is 3. The van der Waals surface area contributed by atoms with Gasteiger partial charge in [-0.05, 0) is 18.2 Å². The summed E-state index contributed by atoms with van der Waals surface area (Å²) >= 11 is 5.77. The Balaban J connectivity index is 2.88. The van der Waals surface area contributed by atoms with Crippen LogP contribution in [-0.2, 0) is 7.05 Å². The summed E-state index contributed by atoms with van der Waals surface area (Å²) in [7, 11) is 1.83. The van der Waals surface area contributed by atoms with E-state index in [2.05, 4.69) is 16.7 Å². The van der Waals surface area contributed by atoms with E-state index in [-0.39, 0.29) is 0 Å². The van der Waals surface area contributed by atoms with Crippen molar-refractivity contribution in [2.45, 2.75) is 0 Å². The molecule has 2 aromatic heterocycles. The lowest BCUT2D eigenvalue weighted by molar-refractivity contribution is 0.783. The largest absolute Gasteiger partial charge is 0.250 e. The van der Waals surface area contributed by atoms with Crippen LogP contribution in [0.25, 0.3) is 17.1 Å². The first-order valence-electron chi connectivity index (χ1n) is 3.84. The first-order chi connectivity index (χ1) is 6.22. The van der Waals surface area contributed by atoms with Crippen molar-refractivity contribution in [1.29, 1.82) is 0 Å². The third kappa shape index (κ3) is 1.21. The number of rotatable bonds is 1. The zero-order chi connectivity index (χ0) is 9.42. The van der Waals surface area contributed by atoms with Crippen molar-refractivity contribution >= 4 is 28.7 Å². The minimum absolute atomic E-state index is 0.478. The second-order valence-corrected chi connectivity index (χ2v) is 3.11. The van der Waals surface area contributed by atoms with Crippen molar-refractivity contribution in [2.75, 3.05) is 0 Å². The Kier molecular flexibility index (Phi) is 1.81. The van der Waals surface area contributed by atoms with E-state index in [1.165, 1.54) is 0 Å². The summed E-state index contributed by atoms with van der Waals surface area (Å²) in [6, 6.07) is 3.65. The van der Waals surface area contributed by atoms with Gasteiger partial charge in [0, 0.05) is 12.4 Å². The first-order valence-corrected chi connectivity index (χ1v) is 4.22. The quantitative estimate of drug-likeness (QED) is 0.651. The molecule has 13 heavy (non-hydrogen) atoms. The smallest absolute Gasteiger partial charge is 0.159 e. The molecule has 3 nitrogen and oxygen atoms in total. The standard InChI is InChI=1S/C9H8ClN3/c1-3-7-6-4-5-8(10)11-9(6)13(2)12-7/h3-5H,1H2,2H3. The molecule has 2 heterocycles. The van der Waals surface area contributed by atoms with Crippen LogP contribution >= 0.6 is 11.6 Å². The van der Waals surface area contributed by atoms with Crippen LogP contribution in [0, 0.1) is 0 Å². The van der Waals surface area contributed by atoms with Gasteiger partial charge in [-0.15, -0.1) is 0 Å². The molecule has 0 fully saturated rings. The maximum Gasteiger partial charge on any atom is 0.159 e. The lowest BCUT2D eigenvalue weighted by atomic mass is 10.2. The van der Waals surface area contributed by atoms with Gasteiger partial charge in [-0.2, -0.15) is 5.10 Å². The average molecular weight is 194 g/mol. The summed E-state index contributed by atoms with van der Waals surface area (Å²) in [5.41, 5.74) is 1.61. The second kappa shape index (κ2) is 2.85. The fourth-order valence-electron chi connectivity index (χ4n) is 1.29. The maximum absolute atomic E-state index is 5.77. The van der Waals surface area contributed by atoms with Crippen LogP contribution < -0.4 is 0 Å². The minimum Gasteiger partial charge on any atom is -0.250 e. The Bertz CT molecular complexity index is 473. The molecule has 0 saturated heterocycles. The molecule has 0 saturated carbocycles. The van der Waals surface area contributed by atoms with Crippen molar-refractivity contribution in [3.63, 3.8) is 0 Å². The summed E-state index contributed by atoms with van der Waals surface area (Å²) in [6.45, 7) is 3.68. The van der Waals surface area contributed by atoms with Crippen molar-refractivity contribution in [3.8, 4) is 0 Å². The maximum atomic E-state index is 5.77. The SMILES string of the molecule is C=Cc1nn(C)c2nc(Cl)ccc12. The van der Waals surface area contributed by atoms with Gasteiger partial charge in [0.05, 0.1) is 5.69 Å². The summed E-state index contributed by atoms with van der Waals surface area (Å²) < 4.78 is 1.69. The van der Waals surface area contributed by atoms with E-state index in [4.69, 9.17) is 11.6 Å². The first kappa shape index (κ1) is 8.26. The van der Waals surface area contributed by atoms with Crippen LogP contribution in [-0.4, -0.2) is 14.8 Å². The van der Waals surface area contributed by atoms with Crippen molar-refractivity contribution in [2.24, 2.45) is 7.05 Å². The highest BCUT2D eigenvalue weighted by Gasteiger charge is 2.06. The molecular formula is C9H8ClN3. The fraction of sp³-hybridized carbons (Fsp3) is 0.111. The van der Waals surface area contributed by atoms with E-state index in [0.717, 1.165) is 16.7 Å². The molecule has 0 aromatic carbocycles. The van der Waals surface area contributed by atoms with Crippen molar-refractivity contribution < 1.29 is 0 Å². The van der Waals surface area contributed by atoms with Crippen LogP contribution in [0.1, 0.15) is 5.69 Å². The summed E-state index contributed by atoms with van der Waals surface area (Å²) in [6.07, 6.45) is 1.71. The van der Waals surface area contributed by atoms with Gasteiger partial charge in [-0.25, -0.2) is 9.67 Å². The highest BCUT2D eigenvalue weighted by atomic mass is 35.5. The molecule has 0 atom stereocenters. The molecule has 0 spiro atoms. The van der Waals surface area contributed by atoms with Gasteiger partial charge in [0.2, 0.25) is 0 Å². The number of pyridine rings is 1. The van der Waals surface area contributed by atoms with Gasteiger partial charge < -0.3 is 0 Å². The number of aryl methyl sites for hydroxylation is 1. The molecule has 0 bridgehead atoms. The van der Waals surface area contributed by atoms with Gasteiger partial charge in [-0.1, -0.05) is 18.2 Å². The molecule has 0 N–H and O–H groups in total. The number of fused-ring (bicyclic) bond motifs is 1. The molecule has 4 heteroatoms. The molecule has 0 radical (unpaired) electrons. The molecule has 0 amide bonds. The number of halogens is 1. The van der Waals surface area contributed by atoms with Crippen LogP contribution in [0.15, 0.2) is 18.7 Å². The third-order valence-corrected chi connectivity index (χ3v) is 2.09. The monoisotopic (exact) mass is 193 g/mol. The topological polar surface area (TPSA) is 30.7 Å². The Hall–Kier alpha value is -1.35. The molecular weight excluding hydrogens is 186 g/mol. The van der Waals surface area contributed by atoms with E-state index in [9.17, 15) is 0 Å². The van der Waals surface area contributed by atoms with Crippen LogP contribution in [0.5, 0.6) is 0 Å². The van der Waals surface area contributed by atoms with Crippen LogP contribution in [0.2, 0.25) is 5.15 Å². The van der Waals surface area contributed by atoms with E-state index < -0.39 is 0 Å². The van der Waals surface area contributed by atoms with Crippen molar-refractivity contribution in [1.82, 2.24) is 14.8 Å². The van der Waals surface area contributed by atoms with E-state index >= 15 is 0 Å². The number of hydrogen-bond acceptors (Lipinski definition) is 2. The molecule has 0 unspecified atom stereocenters. The number of hydrogen-bond donors (Lipinski definition) is 0. The van der Waals surface area contributed by atoms with Gasteiger partial charge in [0.1, 0.15) is 5.15 Å². The highest BCUT2D eigenvalue weighted by Crippen LogP contribution is 2.18. The summed E-state index contributed by atoms with van der Waals surface area (Å²) in [4.78, 5) is 4.16.